The molecule has 1 aliphatic heterocycles. The van der Waals surface area contributed by atoms with E-state index in [0.717, 1.165) is 19.3 Å². The Kier molecular flexibility index (Phi) is 5.76. The average Bonchev–Trinajstić information content (AvgIpc) is 3.29. The molecule has 154 valence electrons. The summed E-state index contributed by atoms with van der Waals surface area (Å²) in [6.07, 6.45) is 5.77. The quantitative estimate of drug-likeness (QED) is 0.663. The van der Waals surface area contributed by atoms with E-state index in [2.05, 4.69) is 25.5 Å². The number of carbonyl (C=O) groups is 2. The molecule has 4 rings (SSSR count). The van der Waals surface area contributed by atoms with Gasteiger partial charge in [0, 0.05) is 29.6 Å². The van der Waals surface area contributed by atoms with Crippen LogP contribution in [0.3, 0.4) is 0 Å². The number of piperidine rings is 1. The third-order valence-electron chi connectivity index (χ3n) is 5.14. The molecule has 1 atom stereocenters. The maximum Gasteiger partial charge on any atom is 0.272 e. The number of anilines is 1. The number of nitrogens with one attached hydrogen (secondary N) is 2. The van der Waals surface area contributed by atoms with E-state index < -0.39 is 0 Å². The normalized spacial score (nSPS) is 16.3. The second-order valence-electron chi connectivity index (χ2n) is 7.17. The molecule has 0 aliphatic carbocycles. The summed E-state index contributed by atoms with van der Waals surface area (Å²) in [5, 5.41) is 10.0. The molecule has 3 aromatic rings. The van der Waals surface area contributed by atoms with Gasteiger partial charge in [-0.2, -0.15) is 5.10 Å². The van der Waals surface area contributed by atoms with Gasteiger partial charge in [-0.3, -0.25) is 14.7 Å². The molecule has 30 heavy (non-hydrogen) atoms. The van der Waals surface area contributed by atoms with Crippen LogP contribution >= 0.6 is 11.6 Å². The second kappa shape index (κ2) is 8.62. The van der Waals surface area contributed by atoms with Gasteiger partial charge in [-0.25, -0.2) is 9.97 Å². The minimum Gasteiger partial charge on any atom is -0.327 e. The van der Waals surface area contributed by atoms with Gasteiger partial charge in [0.15, 0.2) is 5.82 Å². The number of H-pyrrole nitrogens is 1. The molecule has 1 saturated heterocycles. The molecule has 0 saturated carbocycles. The molecule has 2 amide bonds. The highest BCUT2D eigenvalue weighted by Crippen LogP contribution is 2.30. The fourth-order valence-electron chi connectivity index (χ4n) is 3.57. The first-order chi connectivity index (χ1) is 14.5. The van der Waals surface area contributed by atoms with Gasteiger partial charge in [0.25, 0.3) is 11.8 Å². The molecular weight excluding hydrogens is 404 g/mol. The maximum atomic E-state index is 12.9. The zero-order chi connectivity index (χ0) is 21.1. The van der Waals surface area contributed by atoms with Gasteiger partial charge < -0.3 is 10.2 Å². The second-order valence-corrected chi connectivity index (χ2v) is 7.61. The Balaban J connectivity index is 1.54. The Morgan fingerprint density at radius 1 is 1.20 bits per heavy atom. The topological polar surface area (TPSA) is 104 Å². The van der Waals surface area contributed by atoms with Crippen LogP contribution in [0.15, 0.2) is 42.7 Å². The number of aryl methyl sites for hydroxylation is 1. The summed E-state index contributed by atoms with van der Waals surface area (Å²) in [4.78, 5) is 36.3. The molecule has 2 N–H and O–H groups in total. The van der Waals surface area contributed by atoms with Crippen LogP contribution in [0, 0.1) is 6.92 Å². The summed E-state index contributed by atoms with van der Waals surface area (Å²) in [6, 6.07) is 8.29. The van der Waals surface area contributed by atoms with E-state index in [4.69, 9.17) is 11.6 Å². The number of amides is 2. The molecule has 0 spiro atoms. The first-order valence-electron chi connectivity index (χ1n) is 9.74. The SMILES string of the molecule is Cc1nc([C@H]2CCCCN2C(=O)c2ccn[nH]2)ncc1C(=O)Nc1ccc(Cl)cc1. The van der Waals surface area contributed by atoms with Crippen molar-refractivity contribution in [1.82, 2.24) is 25.1 Å². The Bertz CT molecular complexity index is 1050. The lowest BCUT2D eigenvalue weighted by Gasteiger charge is -2.34. The van der Waals surface area contributed by atoms with E-state index in [1.54, 1.807) is 48.4 Å². The smallest absolute Gasteiger partial charge is 0.272 e. The van der Waals surface area contributed by atoms with Crippen LogP contribution in [0.4, 0.5) is 5.69 Å². The molecule has 1 aliphatic rings. The number of benzene rings is 1. The van der Waals surface area contributed by atoms with Gasteiger partial charge in [0.2, 0.25) is 0 Å². The molecule has 0 unspecified atom stereocenters. The number of aromatic nitrogens is 4. The number of halogens is 1. The lowest BCUT2D eigenvalue weighted by atomic mass is 10.0. The Morgan fingerprint density at radius 2 is 2.00 bits per heavy atom. The first kappa shape index (κ1) is 20.0. The highest BCUT2D eigenvalue weighted by Gasteiger charge is 2.31. The largest absolute Gasteiger partial charge is 0.327 e. The number of rotatable bonds is 4. The summed E-state index contributed by atoms with van der Waals surface area (Å²) >= 11 is 5.88. The fraction of sp³-hybridized carbons (Fsp3) is 0.286. The van der Waals surface area contributed by atoms with E-state index in [1.807, 2.05) is 0 Å². The Morgan fingerprint density at radius 3 is 2.70 bits per heavy atom. The van der Waals surface area contributed by atoms with Gasteiger partial charge in [-0.05, 0) is 56.5 Å². The maximum absolute atomic E-state index is 12.9. The van der Waals surface area contributed by atoms with Crippen LogP contribution in [0.2, 0.25) is 5.02 Å². The van der Waals surface area contributed by atoms with Gasteiger partial charge in [-0.15, -0.1) is 0 Å². The molecular formula is C21H21ClN6O2. The molecule has 1 fully saturated rings. The average molecular weight is 425 g/mol. The van der Waals surface area contributed by atoms with Crippen LogP contribution in [0.25, 0.3) is 0 Å². The van der Waals surface area contributed by atoms with Gasteiger partial charge >= 0.3 is 0 Å². The summed E-state index contributed by atoms with van der Waals surface area (Å²) in [5.41, 5.74) is 2.02. The molecule has 2 aromatic heterocycles. The fourth-order valence-corrected chi connectivity index (χ4v) is 3.70. The van der Waals surface area contributed by atoms with Crippen molar-refractivity contribution in [2.45, 2.75) is 32.2 Å². The van der Waals surface area contributed by atoms with Crippen molar-refractivity contribution in [2.24, 2.45) is 0 Å². The molecule has 8 nitrogen and oxygen atoms in total. The molecule has 0 radical (unpaired) electrons. The predicted molar refractivity (Wildman–Crippen MR) is 112 cm³/mol. The minimum atomic E-state index is -0.296. The van der Waals surface area contributed by atoms with Crippen LogP contribution < -0.4 is 5.32 Å². The molecule has 0 bridgehead atoms. The van der Waals surface area contributed by atoms with Crippen molar-refractivity contribution in [2.75, 3.05) is 11.9 Å². The highest BCUT2D eigenvalue weighted by atomic mass is 35.5. The zero-order valence-corrected chi connectivity index (χ0v) is 17.2. The highest BCUT2D eigenvalue weighted by molar-refractivity contribution is 6.30. The van der Waals surface area contributed by atoms with Gasteiger partial charge in [0.1, 0.15) is 5.69 Å². The lowest BCUT2D eigenvalue weighted by Crippen LogP contribution is -2.39. The van der Waals surface area contributed by atoms with Gasteiger partial charge in [-0.1, -0.05) is 11.6 Å². The number of hydrogen-bond donors (Lipinski definition) is 2. The van der Waals surface area contributed by atoms with E-state index in [1.165, 1.54) is 6.20 Å². The van der Waals surface area contributed by atoms with Crippen molar-refractivity contribution in [3.8, 4) is 0 Å². The summed E-state index contributed by atoms with van der Waals surface area (Å²) in [7, 11) is 0. The molecule has 3 heterocycles. The summed E-state index contributed by atoms with van der Waals surface area (Å²) in [5.74, 6) is 0.126. The number of aromatic amines is 1. The van der Waals surface area contributed by atoms with E-state index in [0.29, 0.717) is 40.0 Å². The van der Waals surface area contributed by atoms with E-state index >= 15 is 0 Å². The van der Waals surface area contributed by atoms with E-state index in [-0.39, 0.29) is 17.9 Å². The molecule has 1 aromatic carbocycles. The standard InChI is InChI=1S/C21H21ClN6O2/c1-13-16(20(29)26-15-7-5-14(22)6-8-15)12-23-19(25-13)18-4-2-3-11-28(18)21(30)17-9-10-24-27-17/h5-10,12,18H,2-4,11H2,1H3,(H,24,27)(H,26,29)/t18-/m1/s1. The third-order valence-corrected chi connectivity index (χ3v) is 5.39. The van der Waals surface area contributed by atoms with Crippen LogP contribution in [0.5, 0.6) is 0 Å². The van der Waals surface area contributed by atoms with Crippen LogP contribution in [-0.2, 0) is 0 Å². The van der Waals surface area contributed by atoms with Crippen molar-refractivity contribution < 1.29 is 9.59 Å². The summed E-state index contributed by atoms with van der Waals surface area (Å²) < 4.78 is 0. The number of hydrogen-bond acceptors (Lipinski definition) is 5. The number of likely N-dealkylation sites (tertiary alicyclic amines) is 1. The summed E-state index contributed by atoms with van der Waals surface area (Å²) in [6.45, 7) is 2.40. The Labute approximate surface area is 178 Å². The zero-order valence-electron chi connectivity index (χ0n) is 16.4. The first-order valence-corrected chi connectivity index (χ1v) is 10.1. The number of carbonyl (C=O) groups excluding carboxylic acids is 2. The predicted octanol–water partition coefficient (Wildman–Crippen LogP) is 3.78. The minimum absolute atomic E-state index is 0.122. The van der Waals surface area contributed by atoms with E-state index in [9.17, 15) is 9.59 Å². The van der Waals surface area contributed by atoms with Crippen molar-refractivity contribution >= 4 is 29.1 Å². The van der Waals surface area contributed by atoms with Crippen LogP contribution in [0.1, 0.15) is 57.7 Å². The third kappa shape index (κ3) is 4.18. The van der Waals surface area contributed by atoms with Crippen molar-refractivity contribution in [1.29, 1.82) is 0 Å². The van der Waals surface area contributed by atoms with Crippen molar-refractivity contribution in [3.05, 3.63) is 70.5 Å². The van der Waals surface area contributed by atoms with Crippen molar-refractivity contribution in [3.63, 3.8) is 0 Å². The monoisotopic (exact) mass is 424 g/mol. The molecule has 9 heteroatoms. The van der Waals surface area contributed by atoms with Crippen LogP contribution in [-0.4, -0.2) is 43.4 Å². The lowest BCUT2D eigenvalue weighted by molar-refractivity contribution is 0.0593. The number of nitrogens with zero attached hydrogens (tertiary/aromatic N) is 4. The van der Waals surface area contributed by atoms with Gasteiger partial charge in [0.05, 0.1) is 17.3 Å². The Hall–Kier alpha value is -3.26.